The molecule has 2 rings (SSSR count). The second-order valence-corrected chi connectivity index (χ2v) is 5.71. The Kier molecular flexibility index (Phi) is 5.60. The van der Waals surface area contributed by atoms with Gasteiger partial charge in [-0.1, -0.05) is 54.1 Å². The molecule has 2 aromatic rings. The lowest BCUT2D eigenvalue weighted by Crippen LogP contribution is -2.36. The lowest BCUT2D eigenvalue weighted by molar-refractivity contribution is 0.302. The van der Waals surface area contributed by atoms with Gasteiger partial charge in [0.1, 0.15) is 0 Å². The third kappa shape index (κ3) is 4.97. The van der Waals surface area contributed by atoms with Crippen LogP contribution in [0.1, 0.15) is 11.1 Å². The zero-order valence-corrected chi connectivity index (χ0v) is 12.6. The van der Waals surface area contributed by atoms with E-state index in [2.05, 4.69) is 42.3 Å². The SMILES string of the molecule is CN(Cc1cccc(Cl)c1)CC(N)Cc1ccccc1. The van der Waals surface area contributed by atoms with Crippen LogP contribution in [0.25, 0.3) is 0 Å². The minimum Gasteiger partial charge on any atom is -0.326 e. The first-order chi connectivity index (χ1) is 9.63. The molecule has 0 bridgehead atoms. The van der Waals surface area contributed by atoms with Crippen LogP contribution in [-0.2, 0) is 13.0 Å². The second kappa shape index (κ2) is 7.44. The first-order valence-electron chi connectivity index (χ1n) is 6.86. The van der Waals surface area contributed by atoms with E-state index in [1.807, 2.05) is 24.3 Å². The van der Waals surface area contributed by atoms with E-state index in [-0.39, 0.29) is 6.04 Å². The Balaban J connectivity index is 1.83. The fourth-order valence-electron chi connectivity index (χ4n) is 2.39. The molecule has 0 aliphatic rings. The summed E-state index contributed by atoms with van der Waals surface area (Å²) in [6.45, 7) is 1.73. The molecule has 3 heteroatoms. The van der Waals surface area contributed by atoms with Crippen LogP contribution in [-0.4, -0.2) is 24.5 Å². The van der Waals surface area contributed by atoms with E-state index in [1.54, 1.807) is 0 Å². The maximum absolute atomic E-state index is 6.22. The maximum Gasteiger partial charge on any atom is 0.0409 e. The summed E-state index contributed by atoms with van der Waals surface area (Å²) in [7, 11) is 2.09. The predicted molar refractivity (Wildman–Crippen MR) is 85.9 cm³/mol. The molecular weight excluding hydrogens is 268 g/mol. The highest BCUT2D eigenvalue weighted by Gasteiger charge is 2.08. The predicted octanol–water partition coefficient (Wildman–Crippen LogP) is 3.34. The van der Waals surface area contributed by atoms with E-state index >= 15 is 0 Å². The van der Waals surface area contributed by atoms with E-state index in [0.717, 1.165) is 24.5 Å². The molecular formula is C17H21ClN2. The molecule has 0 amide bonds. The van der Waals surface area contributed by atoms with E-state index < -0.39 is 0 Å². The van der Waals surface area contributed by atoms with Gasteiger partial charge < -0.3 is 10.6 Å². The number of halogens is 1. The number of hydrogen-bond acceptors (Lipinski definition) is 2. The average Bonchev–Trinajstić information content (AvgIpc) is 2.39. The van der Waals surface area contributed by atoms with Gasteiger partial charge in [-0.25, -0.2) is 0 Å². The number of nitrogens with two attached hydrogens (primary N) is 1. The van der Waals surface area contributed by atoms with Gasteiger partial charge in [-0.15, -0.1) is 0 Å². The Hall–Kier alpha value is -1.35. The number of nitrogens with zero attached hydrogens (tertiary/aromatic N) is 1. The molecule has 0 aliphatic heterocycles. The monoisotopic (exact) mass is 288 g/mol. The van der Waals surface area contributed by atoms with Gasteiger partial charge in [-0.2, -0.15) is 0 Å². The summed E-state index contributed by atoms with van der Waals surface area (Å²) in [6, 6.07) is 18.5. The van der Waals surface area contributed by atoms with Crippen LogP contribution < -0.4 is 5.73 Å². The van der Waals surface area contributed by atoms with Crippen molar-refractivity contribution in [2.24, 2.45) is 5.73 Å². The normalized spacial score (nSPS) is 12.6. The van der Waals surface area contributed by atoms with Crippen molar-refractivity contribution in [1.82, 2.24) is 4.90 Å². The molecule has 106 valence electrons. The first-order valence-corrected chi connectivity index (χ1v) is 7.24. The van der Waals surface area contributed by atoms with Gasteiger partial charge in [0.25, 0.3) is 0 Å². The molecule has 1 unspecified atom stereocenters. The van der Waals surface area contributed by atoms with Crippen molar-refractivity contribution in [3.05, 3.63) is 70.7 Å². The quantitative estimate of drug-likeness (QED) is 0.883. The van der Waals surface area contributed by atoms with Crippen molar-refractivity contribution in [1.29, 1.82) is 0 Å². The van der Waals surface area contributed by atoms with Gasteiger partial charge in [0.2, 0.25) is 0 Å². The minimum atomic E-state index is 0.140. The molecule has 2 aromatic carbocycles. The summed E-state index contributed by atoms with van der Waals surface area (Å²) in [5, 5.41) is 0.782. The smallest absolute Gasteiger partial charge is 0.0409 e. The third-order valence-electron chi connectivity index (χ3n) is 3.23. The van der Waals surface area contributed by atoms with Crippen molar-refractivity contribution in [3.63, 3.8) is 0 Å². The highest BCUT2D eigenvalue weighted by atomic mass is 35.5. The van der Waals surface area contributed by atoms with Gasteiger partial charge in [-0.05, 0) is 36.7 Å². The van der Waals surface area contributed by atoms with E-state index in [1.165, 1.54) is 11.1 Å². The van der Waals surface area contributed by atoms with Crippen molar-refractivity contribution >= 4 is 11.6 Å². The van der Waals surface area contributed by atoms with Crippen molar-refractivity contribution in [2.45, 2.75) is 19.0 Å². The van der Waals surface area contributed by atoms with Crippen molar-refractivity contribution in [2.75, 3.05) is 13.6 Å². The van der Waals surface area contributed by atoms with Gasteiger partial charge in [0.05, 0.1) is 0 Å². The van der Waals surface area contributed by atoms with E-state index in [4.69, 9.17) is 17.3 Å². The Labute approximate surface area is 126 Å². The summed E-state index contributed by atoms with van der Waals surface area (Å²) >= 11 is 6.00. The average molecular weight is 289 g/mol. The van der Waals surface area contributed by atoms with E-state index in [0.29, 0.717) is 0 Å². The minimum absolute atomic E-state index is 0.140. The number of likely N-dealkylation sites (N-methyl/N-ethyl adjacent to an activating group) is 1. The Morgan fingerprint density at radius 1 is 1.05 bits per heavy atom. The zero-order chi connectivity index (χ0) is 14.4. The van der Waals surface area contributed by atoms with Crippen LogP contribution in [0.3, 0.4) is 0 Å². The van der Waals surface area contributed by atoms with E-state index in [9.17, 15) is 0 Å². The second-order valence-electron chi connectivity index (χ2n) is 5.28. The molecule has 2 nitrogen and oxygen atoms in total. The first kappa shape index (κ1) is 15.0. The number of rotatable bonds is 6. The molecule has 20 heavy (non-hydrogen) atoms. The Bertz CT molecular complexity index is 528. The Morgan fingerprint density at radius 3 is 2.45 bits per heavy atom. The summed E-state index contributed by atoms with van der Waals surface area (Å²) in [4.78, 5) is 2.24. The lowest BCUT2D eigenvalue weighted by Gasteiger charge is -2.21. The van der Waals surface area contributed by atoms with Crippen LogP contribution in [0, 0.1) is 0 Å². The Morgan fingerprint density at radius 2 is 1.75 bits per heavy atom. The topological polar surface area (TPSA) is 29.3 Å². The van der Waals surface area contributed by atoms with Gasteiger partial charge >= 0.3 is 0 Å². The molecule has 1 atom stereocenters. The standard InChI is InChI=1S/C17H21ClN2/c1-20(12-15-8-5-9-16(18)10-15)13-17(19)11-14-6-3-2-4-7-14/h2-10,17H,11-13,19H2,1H3. The summed E-state index contributed by atoms with van der Waals surface area (Å²) in [5.41, 5.74) is 8.73. The molecule has 0 radical (unpaired) electrons. The summed E-state index contributed by atoms with van der Waals surface area (Å²) < 4.78 is 0. The molecule has 0 spiro atoms. The lowest BCUT2D eigenvalue weighted by atomic mass is 10.1. The number of benzene rings is 2. The molecule has 0 aliphatic carbocycles. The molecule has 0 heterocycles. The highest BCUT2D eigenvalue weighted by molar-refractivity contribution is 6.30. The van der Waals surface area contributed by atoms with Gasteiger partial charge in [0, 0.05) is 24.2 Å². The van der Waals surface area contributed by atoms with Crippen molar-refractivity contribution in [3.8, 4) is 0 Å². The molecule has 2 N–H and O–H groups in total. The zero-order valence-electron chi connectivity index (χ0n) is 11.8. The van der Waals surface area contributed by atoms with Crippen LogP contribution in [0.4, 0.5) is 0 Å². The molecule has 0 fully saturated rings. The third-order valence-corrected chi connectivity index (χ3v) is 3.46. The van der Waals surface area contributed by atoms with Crippen LogP contribution in [0.15, 0.2) is 54.6 Å². The fraction of sp³-hybridized carbons (Fsp3) is 0.294. The van der Waals surface area contributed by atoms with Gasteiger partial charge in [0.15, 0.2) is 0 Å². The molecule has 0 aromatic heterocycles. The van der Waals surface area contributed by atoms with Crippen LogP contribution in [0.5, 0.6) is 0 Å². The van der Waals surface area contributed by atoms with Crippen LogP contribution >= 0.6 is 11.6 Å². The van der Waals surface area contributed by atoms with Crippen molar-refractivity contribution < 1.29 is 0 Å². The fourth-order valence-corrected chi connectivity index (χ4v) is 2.61. The number of hydrogen-bond donors (Lipinski definition) is 1. The summed E-state index contributed by atoms with van der Waals surface area (Å²) in [6.07, 6.45) is 0.903. The maximum atomic E-state index is 6.22. The molecule has 0 saturated carbocycles. The highest BCUT2D eigenvalue weighted by Crippen LogP contribution is 2.12. The molecule has 0 saturated heterocycles. The van der Waals surface area contributed by atoms with Crippen LogP contribution in [0.2, 0.25) is 5.02 Å². The summed E-state index contributed by atoms with van der Waals surface area (Å²) in [5.74, 6) is 0. The van der Waals surface area contributed by atoms with Gasteiger partial charge in [-0.3, -0.25) is 0 Å². The largest absolute Gasteiger partial charge is 0.326 e.